The van der Waals surface area contributed by atoms with Gasteiger partial charge in [-0.05, 0) is 24.3 Å². The van der Waals surface area contributed by atoms with E-state index in [0.29, 0.717) is 17.5 Å². The molecule has 0 saturated carbocycles. The molecule has 0 radical (unpaired) electrons. The summed E-state index contributed by atoms with van der Waals surface area (Å²) in [5, 5.41) is 2.46. The highest BCUT2D eigenvalue weighted by Gasteiger charge is 2.34. The number of amides is 2. The second-order valence-electron chi connectivity index (χ2n) is 5.23. The summed E-state index contributed by atoms with van der Waals surface area (Å²) in [7, 11) is 1.46. The van der Waals surface area contributed by atoms with Crippen LogP contribution in [0.25, 0.3) is 0 Å². The standard InChI is InChI=1S/C17H14F2N2O3/c1-20-16(22)15-9-21(13-4-2-3-5-14(13)24-15)17(23)11-7-6-10(18)8-12(11)19/h2-8,15H,9H2,1H3,(H,20,22)/t15-/m1/s1. The van der Waals surface area contributed by atoms with Gasteiger partial charge in [-0.1, -0.05) is 12.1 Å². The van der Waals surface area contributed by atoms with Gasteiger partial charge in [-0.2, -0.15) is 0 Å². The minimum atomic E-state index is -0.958. The van der Waals surface area contributed by atoms with E-state index in [1.165, 1.54) is 11.9 Å². The molecule has 124 valence electrons. The van der Waals surface area contributed by atoms with Crippen LogP contribution in [0, 0.1) is 11.6 Å². The van der Waals surface area contributed by atoms with Crippen molar-refractivity contribution in [1.29, 1.82) is 0 Å². The lowest BCUT2D eigenvalue weighted by Gasteiger charge is -2.34. The third-order valence-electron chi connectivity index (χ3n) is 3.72. The van der Waals surface area contributed by atoms with E-state index in [-0.39, 0.29) is 12.1 Å². The summed E-state index contributed by atoms with van der Waals surface area (Å²) >= 11 is 0. The van der Waals surface area contributed by atoms with Gasteiger partial charge in [-0.25, -0.2) is 8.78 Å². The zero-order chi connectivity index (χ0) is 17.3. The number of carbonyl (C=O) groups excluding carboxylic acids is 2. The molecule has 2 amide bonds. The SMILES string of the molecule is CNC(=O)[C@H]1CN(C(=O)c2ccc(F)cc2F)c2ccccc2O1. The normalized spacial score (nSPS) is 16.1. The summed E-state index contributed by atoms with van der Waals surface area (Å²) in [6.07, 6.45) is -0.919. The maximum atomic E-state index is 14.0. The number of rotatable bonds is 2. The molecule has 1 aliphatic rings. The number of halogens is 2. The maximum absolute atomic E-state index is 14.0. The highest BCUT2D eigenvalue weighted by molar-refractivity contribution is 6.08. The second-order valence-corrected chi connectivity index (χ2v) is 5.23. The van der Waals surface area contributed by atoms with E-state index < -0.39 is 29.6 Å². The second kappa shape index (κ2) is 6.27. The van der Waals surface area contributed by atoms with Gasteiger partial charge >= 0.3 is 0 Å². The highest BCUT2D eigenvalue weighted by Crippen LogP contribution is 2.34. The van der Waals surface area contributed by atoms with Crippen molar-refractivity contribution in [3.05, 3.63) is 59.7 Å². The third-order valence-corrected chi connectivity index (χ3v) is 3.72. The molecule has 0 spiro atoms. The Balaban J connectivity index is 2.01. The minimum Gasteiger partial charge on any atom is -0.477 e. The lowest BCUT2D eigenvalue weighted by molar-refractivity contribution is -0.127. The average Bonchev–Trinajstić information content (AvgIpc) is 2.59. The Hall–Kier alpha value is -2.96. The number of hydrogen-bond acceptors (Lipinski definition) is 3. The van der Waals surface area contributed by atoms with Gasteiger partial charge < -0.3 is 15.0 Å². The number of nitrogens with one attached hydrogen (secondary N) is 1. The summed E-state index contributed by atoms with van der Waals surface area (Å²) < 4.78 is 32.6. The van der Waals surface area contributed by atoms with Crippen molar-refractivity contribution in [2.24, 2.45) is 0 Å². The fourth-order valence-electron chi connectivity index (χ4n) is 2.53. The van der Waals surface area contributed by atoms with E-state index >= 15 is 0 Å². The number of carbonyl (C=O) groups is 2. The lowest BCUT2D eigenvalue weighted by atomic mass is 10.1. The number of ether oxygens (including phenoxy) is 1. The Kier molecular flexibility index (Phi) is 4.16. The molecule has 0 unspecified atom stereocenters. The first-order valence-corrected chi connectivity index (χ1v) is 7.25. The molecule has 1 aliphatic heterocycles. The van der Waals surface area contributed by atoms with E-state index in [1.807, 2.05) is 0 Å². The Morgan fingerprint density at radius 2 is 1.96 bits per heavy atom. The number of para-hydroxylation sites is 2. The highest BCUT2D eigenvalue weighted by atomic mass is 19.1. The lowest BCUT2D eigenvalue weighted by Crippen LogP contribution is -2.50. The third kappa shape index (κ3) is 2.80. The quantitative estimate of drug-likeness (QED) is 0.916. The van der Waals surface area contributed by atoms with E-state index in [4.69, 9.17) is 4.74 Å². The van der Waals surface area contributed by atoms with Crippen LogP contribution in [-0.2, 0) is 4.79 Å². The van der Waals surface area contributed by atoms with E-state index in [9.17, 15) is 18.4 Å². The minimum absolute atomic E-state index is 0.0770. The average molecular weight is 332 g/mol. The summed E-state index contributed by atoms with van der Waals surface area (Å²) in [6.45, 7) is -0.0770. The van der Waals surface area contributed by atoms with Crippen LogP contribution in [0.15, 0.2) is 42.5 Å². The Morgan fingerprint density at radius 1 is 1.21 bits per heavy atom. The van der Waals surface area contributed by atoms with Crippen LogP contribution in [0.2, 0.25) is 0 Å². The maximum Gasteiger partial charge on any atom is 0.262 e. The number of benzene rings is 2. The van der Waals surface area contributed by atoms with Gasteiger partial charge in [0.1, 0.15) is 17.4 Å². The van der Waals surface area contributed by atoms with Crippen LogP contribution in [0.1, 0.15) is 10.4 Å². The Bertz CT molecular complexity index is 810. The smallest absolute Gasteiger partial charge is 0.262 e. The van der Waals surface area contributed by atoms with Crippen molar-refractivity contribution >= 4 is 17.5 Å². The van der Waals surface area contributed by atoms with E-state index in [1.54, 1.807) is 24.3 Å². The van der Waals surface area contributed by atoms with Gasteiger partial charge in [0.2, 0.25) is 0 Å². The largest absolute Gasteiger partial charge is 0.477 e. The van der Waals surface area contributed by atoms with Crippen molar-refractivity contribution in [1.82, 2.24) is 5.32 Å². The van der Waals surface area contributed by atoms with E-state index in [2.05, 4.69) is 5.32 Å². The molecule has 5 nitrogen and oxygen atoms in total. The summed E-state index contributed by atoms with van der Waals surface area (Å²) in [6, 6.07) is 9.39. The first kappa shape index (κ1) is 15.9. The van der Waals surface area contributed by atoms with Crippen molar-refractivity contribution in [3.63, 3.8) is 0 Å². The number of fused-ring (bicyclic) bond motifs is 1. The summed E-state index contributed by atoms with van der Waals surface area (Å²) in [5.74, 6) is -2.46. The molecule has 2 aromatic rings. The topological polar surface area (TPSA) is 58.6 Å². The number of likely N-dealkylation sites (N-methyl/N-ethyl adjacent to an activating group) is 1. The van der Waals surface area contributed by atoms with Crippen LogP contribution in [0.4, 0.5) is 14.5 Å². The van der Waals surface area contributed by atoms with Crippen LogP contribution < -0.4 is 15.0 Å². The van der Waals surface area contributed by atoms with Gasteiger partial charge in [-0.15, -0.1) is 0 Å². The zero-order valence-electron chi connectivity index (χ0n) is 12.8. The molecule has 0 bridgehead atoms. The van der Waals surface area contributed by atoms with Crippen molar-refractivity contribution < 1.29 is 23.1 Å². The fourth-order valence-corrected chi connectivity index (χ4v) is 2.53. The monoisotopic (exact) mass is 332 g/mol. The van der Waals surface area contributed by atoms with Crippen LogP contribution >= 0.6 is 0 Å². The molecule has 2 aromatic carbocycles. The van der Waals surface area contributed by atoms with Crippen molar-refractivity contribution in [3.8, 4) is 5.75 Å². The number of anilines is 1. The van der Waals surface area contributed by atoms with Gasteiger partial charge in [0, 0.05) is 13.1 Å². The van der Waals surface area contributed by atoms with E-state index in [0.717, 1.165) is 12.1 Å². The molecule has 0 aliphatic carbocycles. The van der Waals surface area contributed by atoms with Gasteiger partial charge in [-0.3, -0.25) is 9.59 Å². The Morgan fingerprint density at radius 3 is 2.67 bits per heavy atom. The van der Waals surface area contributed by atoms with Crippen LogP contribution in [0.3, 0.4) is 0 Å². The molecule has 1 heterocycles. The van der Waals surface area contributed by atoms with Gasteiger partial charge in [0.25, 0.3) is 11.8 Å². The summed E-state index contributed by atoms with van der Waals surface area (Å²) in [4.78, 5) is 25.9. The van der Waals surface area contributed by atoms with Gasteiger partial charge in [0.15, 0.2) is 6.10 Å². The molecule has 1 atom stereocenters. The van der Waals surface area contributed by atoms with Crippen LogP contribution in [0.5, 0.6) is 5.75 Å². The molecule has 3 rings (SSSR count). The number of nitrogens with zero attached hydrogens (tertiary/aromatic N) is 1. The molecule has 0 saturated heterocycles. The first-order valence-electron chi connectivity index (χ1n) is 7.25. The molecule has 1 N–H and O–H groups in total. The van der Waals surface area contributed by atoms with Crippen molar-refractivity contribution in [2.75, 3.05) is 18.5 Å². The number of hydrogen-bond donors (Lipinski definition) is 1. The van der Waals surface area contributed by atoms with Crippen LogP contribution in [-0.4, -0.2) is 31.5 Å². The molecular weight excluding hydrogens is 318 g/mol. The molecule has 0 fully saturated rings. The fraction of sp³-hybridized carbons (Fsp3) is 0.176. The van der Waals surface area contributed by atoms with Crippen molar-refractivity contribution in [2.45, 2.75) is 6.10 Å². The molecule has 24 heavy (non-hydrogen) atoms. The predicted molar refractivity (Wildman–Crippen MR) is 83.0 cm³/mol. The first-order chi connectivity index (χ1) is 11.5. The van der Waals surface area contributed by atoms with Gasteiger partial charge in [0.05, 0.1) is 17.8 Å². The predicted octanol–water partition coefficient (Wildman–Crippen LogP) is 2.12. The molecular formula is C17H14F2N2O3. The zero-order valence-corrected chi connectivity index (χ0v) is 12.8. The molecule has 7 heteroatoms. The molecule has 0 aromatic heterocycles. The Labute approximate surface area is 136 Å². The summed E-state index contributed by atoms with van der Waals surface area (Å²) in [5.41, 5.74) is 0.148.